The standard InChI is InChI=1S/C24H32N3O7P/c1-5-33-35(28,34-6-2)19-9-7-18(8-10-19)27-24-20-15-22(31-13-11-29-3)23(32-14-12-30-4)16-21(20)25-17-26-24/h7-10,15-17H,5-6,11-14H2,1-4H3,(H,25,26,27). The third-order valence-electron chi connectivity index (χ3n) is 4.84. The Balaban J connectivity index is 1.89. The Morgan fingerprint density at radius 1 is 0.829 bits per heavy atom. The minimum Gasteiger partial charge on any atom is -0.487 e. The molecule has 0 unspecified atom stereocenters. The number of hydrogen-bond acceptors (Lipinski definition) is 10. The maximum atomic E-state index is 13.0. The van der Waals surface area contributed by atoms with Gasteiger partial charge >= 0.3 is 7.60 Å². The lowest BCUT2D eigenvalue weighted by Crippen LogP contribution is -2.10. The molecule has 0 bridgehead atoms. The first kappa shape index (κ1) is 26.8. The van der Waals surface area contributed by atoms with Gasteiger partial charge in [-0.3, -0.25) is 4.57 Å². The quantitative estimate of drug-likeness (QED) is 0.237. The molecule has 0 saturated heterocycles. The molecular weight excluding hydrogens is 473 g/mol. The van der Waals surface area contributed by atoms with Gasteiger partial charge in [-0.05, 0) is 44.2 Å². The maximum Gasteiger partial charge on any atom is 0.361 e. The second kappa shape index (κ2) is 13.4. The van der Waals surface area contributed by atoms with E-state index in [1.165, 1.54) is 6.33 Å². The van der Waals surface area contributed by atoms with Gasteiger partial charge in [-0.2, -0.15) is 0 Å². The van der Waals surface area contributed by atoms with Crippen LogP contribution in [0.25, 0.3) is 10.9 Å². The van der Waals surface area contributed by atoms with Gasteiger partial charge in [0.15, 0.2) is 11.5 Å². The van der Waals surface area contributed by atoms with Crippen molar-refractivity contribution in [2.75, 3.05) is 59.2 Å². The molecule has 0 aliphatic heterocycles. The summed E-state index contributed by atoms with van der Waals surface area (Å²) >= 11 is 0. The van der Waals surface area contributed by atoms with Crippen molar-refractivity contribution in [2.24, 2.45) is 0 Å². The fourth-order valence-corrected chi connectivity index (χ4v) is 4.82. The van der Waals surface area contributed by atoms with E-state index in [0.29, 0.717) is 54.6 Å². The van der Waals surface area contributed by atoms with E-state index in [1.807, 2.05) is 12.1 Å². The smallest absolute Gasteiger partial charge is 0.361 e. The zero-order chi connectivity index (χ0) is 25.1. The van der Waals surface area contributed by atoms with Crippen LogP contribution in [-0.4, -0.2) is 63.8 Å². The summed E-state index contributed by atoms with van der Waals surface area (Å²) in [6.07, 6.45) is 1.47. The Morgan fingerprint density at radius 3 is 2.00 bits per heavy atom. The van der Waals surface area contributed by atoms with Gasteiger partial charge in [0.1, 0.15) is 25.4 Å². The predicted octanol–water partition coefficient (Wildman–Crippen LogP) is 4.32. The van der Waals surface area contributed by atoms with E-state index >= 15 is 0 Å². The normalized spacial score (nSPS) is 11.5. The van der Waals surface area contributed by atoms with Gasteiger partial charge in [0, 0.05) is 31.4 Å². The minimum atomic E-state index is -3.35. The summed E-state index contributed by atoms with van der Waals surface area (Å²) in [5, 5.41) is 4.53. The Bertz CT molecular complexity index is 1120. The third-order valence-corrected chi connectivity index (χ3v) is 6.96. The van der Waals surface area contributed by atoms with Crippen molar-refractivity contribution in [3.8, 4) is 11.5 Å². The monoisotopic (exact) mass is 505 g/mol. The number of hydrogen-bond donors (Lipinski definition) is 1. The lowest BCUT2D eigenvalue weighted by atomic mass is 10.2. The molecular formula is C24H32N3O7P. The van der Waals surface area contributed by atoms with Crippen molar-refractivity contribution >= 4 is 35.3 Å². The van der Waals surface area contributed by atoms with Gasteiger partial charge in [-0.15, -0.1) is 0 Å². The molecule has 190 valence electrons. The molecule has 3 rings (SSSR count). The fraction of sp³-hybridized carbons (Fsp3) is 0.417. The average Bonchev–Trinajstić information content (AvgIpc) is 2.85. The van der Waals surface area contributed by atoms with E-state index in [-0.39, 0.29) is 13.2 Å². The topological polar surface area (TPSA) is 110 Å². The molecule has 0 fully saturated rings. The van der Waals surface area contributed by atoms with Gasteiger partial charge in [0.05, 0.1) is 37.2 Å². The number of nitrogens with one attached hydrogen (secondary N) is 1. The number of benzene rings is 2. The van der Waals surface area contributed by atoms with Crippen molar-refractivity contribution in [2.45, 2.75) is 13.8 Å². The summed E-state index contributed by atoms with van der Waals surface area (Å²) in [5.41, 5.74) is 1.43. The van der Waals surface area contributed by atoms with Crippen LogP contribution in [0.4, 0.5) is 11.5 Å². The molecule has 10 nitrogen and oxygen atoms in total. The number of rotatable bonds is 15. The fourth-order valence-electron chi connectivity index (χ4n) is 3.25. The Morgan fingerprint density at radius 2 is 1.43 bits per heavy atom. The summed E-state index contributed by atoms with van der Waals surface area (Å²) < 4.78 is 45.7. The molecule has 1 heterocycles. The molecule has 35 heavy (non-hydrogen) atoms. The number of aromatic nitrogens is 2. The number of anilines is 2. The summed E-state index contributed by atoms with van der Waals surface area (Å²) in [7, 11) is -0.125. The zero-order valence-electron chi connectivity index (χ0n) is 20.5. The van der Waals surface area contributed by atoms with Gasteiger partial charge < -0.3 is 33.3 Å². The van der Waals surface area contributed by atoms with E-state index < -0.39 is 7.60 Å². The highest BCUT2D eigenvalue weighted by molar-refractivity contribution is 7.62. The van der Waals surface area contributed by atoms with E-state index in [4.69, 9.17) is 28.0 Å². The molecule has 0 amide bonds. The number of nitrogens with zero attached hydrogens (tertiary/aromatic N) is 2. The highest BCUT2D eigenvalue weighted by Gasteiger charge is 2.26. The van der Waals surface area contributed by atoms with Crippen LogP contribution in [0.15, 0.2) is 42.7 Å². The van der Waals surface area contributed by atoms with E-state index in [0.717, 1.165) is 11.1 Å². The molecule has 0 atom stereocenters. The van der Waals surface area contributed by atoms with Crippen molar-refractivity contribution in [3.05, 3.63) is 42.7 Å². The number of methoxy groups -OCH3 is 2. The third kappa shape index (κ3) is 7.13. The van der Waals surface area contributed by atoms with E-state index in [1.54, 1.807) is 52.3 Å². The maximum absolute atomic E-state index is 13.0. The van der Waals surface area contributed by atoms with Crippen LogP contribution in [0.1, 0.15) is 13.8 Å². The number of fused-ring (bicyclic) bond motifs is 1. The molecule has 3 aromatic rings. The van der Waals surface area contributed by atoms with Crippen LogP contribution in [0.3, 0.4) is 0 Å². The zero-order valence-corrected chi connectivity index (χ0v) is 21.4. The minimum absolute atomic E-state index is 0.288. The van der Waals surface area contributed by atoms with Gasteiger partial charge in [0.2, 0.25) is 0 Å². The largest absolute Gasteiger partial charge is 0.487 e. The Kier molecular flexibility index (Phi) is 10.3. The lowest BCUT2D eigenvalue weighted by Gasteiger charge is -2.18. The summed E-state index contributed by atoms with van der Waals surface area (Å²) in [6.45, 7) is 5.75. The molecule has 1 N–H and O–H groups in total. The SMILES string of the molecule is CCOP(=O)(OCC)c1ccc(Nc2ncnc3cc(OCCOC)c(OCCOC)cc23)cc1. The molecule has 0 aliphatic rings. The summed E-state index contributed by atoms with van der Waals surface area (Å²) in [4.78, 5) is 8.79. The highest BCUT2D eigenvalue weighted by atomic mass is 31.2. The van der Waals surface area contributed by atoms with Crippen LogP contribution >= 0.6 is 7.60 Å². The first-order chi connectivity index (χ1) is 17.0. The van der Waals surface area contributed by atoms with E-state index in [9.17, 15) is 4.57 Å². The summed E-state index contributed by atoms with van der Waals surface area (Å²) in [6, 6.07) is 10.7. The second-order valence-corrected chi connectivity index (χ2v) is 9.25. The van der Waals surface area contributed by atoms with Crippen LogP contribution in [-0.2, 0) is 23.1 Å². The van der Waals surface area contributed by atoms with Crippen molar-refractivity contribution in [1.29, 1.82) is 0 Å². The number of ether oxygens (including phenoxy) is 4. The van der Waals surface area contributed by atoms with Gasteiger partial charge in [-0.1, -0.05) is 0 Å². The molecule has 2 aromatic carbocycles. The first-order valence-corrected chi connectivity index (χ1v) is 12.9. The highest BCUT2D eigenvalue weighted by Crippen LogP contribution is 2.47. The first-order valence-electron chi connectivity index (χ1n) is 11.3. The van der Waals surface area contributed by atoms with E-state index in [2.05, 4.69) is 15.3 Å². The lowest BCUT2D eigenvalue weighted by molar-refractivity contribution is 0.132. The Labute approximate surface area is 205 Å². The van der Waals surface area contributed by atoms with Crippen molar-refractivity contribution < 1.29 is 32.6 Å². The van der Waals surface area contributed by atoms with Gasteiger partial charge in [-0.25, -0.2) is 9.97 Å². The summed E-state index contributed by atoms with van der Waals surface area (Å²) in [5.74, 6) is 1.69. The molecule has 0 saturated carbocycles. The molecule has 1 aromatic heterocycles. The van der Waals surface area contributed by atoms with Gasteiger partial charge in [0.25, 0.3) is 0 Å². The molecule has 0 spiro atoms. The molecule has 11 heteroatoms. The van der Waals surface area contributed by atoms with Crippen LogP contribution in [0, 0.1) is 0 Å². The molecule has 0 aliphatic carbocycles. The second-order valence-electron chi connectivity index (χ2n) is 7.23. The predicted molar refractivity (Wildman–Crippen MR) is 134 cm³/mol. The van der Waals surface area contributed by atoms with Crippen LogP contribution in [0.2, 0.25) is 0 Å². The van der Waals surface area contributed by atoms with Crippen LogP contribution < -0.4 is 20.1 Å². The Hall–Kier alpha value is -2.75. The average molecular weight is 506 g/mol. The van der Waals surface area contributed by atoms with Crippen molar-refractivity contribution in [3.63, 3.8) is 0 Å². The molecule has 0 radical (unpaired) electrons. The van der Waals surface area contributed by atoms with Crippen LogP contribution in [0.5, 0.6) is 11.5 Å². The van der Waals surface area contributed by atoms with Crippen molar-refractivity contribution in [1.82, 2.24) is 9.97 Å².